The fourth-order valence-electron chi connectivity index (χ4n) is 1.44. The summed E-state index contributed by atoms with van der Waals surface area (Å²) in [6.07, 6.45) is 2.53. The van der Waals surface area contributed by atoms with Crippen LogP contribution in [-0.4, -0.2) is 48.7 Å². The van der Waals surface area contributed by atoms with Gasteiger partial charge in [-0.15, -0.1) is 11.3 Å². The van der Waals surface area contributed by atoms with Crippen LogP contribution in [0.4, 0.5) is 0 Å². The maximum Gasteiger partial charge on any atom is 0.328 e. The van der Waals surface area contributed by atoms with Gasteiger partial charge >= 0.3 is 5.97 Å². The van der Waals surface area contributed by atoms with Gasteiger partial charge in [-0.25, -0.2) is 4.79 Å². The zero-order chi connectivity index (χ0) is 14.4. The molecule has 1 unspecified atom stereocenters. The van der Waals surface area contributed by atoms with Crippen LogP contribution in [0.15, 0.2) is 18.2 Å². The number of thiophene rings is 1. The number of likely N-dealkylation sites (N-methyl/N-ethyl adjacent to an activating group) is 1. The molecule has 0 aliphatic carbocycles. The number of carboxylic acid groups (broad SMARTS) is 1. The summed E-state index contributed by atoms with van der Waals surface area (Å²) in [5.74, 6) is -1.10. The molecular formula is C13H17NO4S. The first-order valence-electron chi connectivity index (χ1n) is 5.72. The van der Waals surface area contributed by atoms with Gasteiger partial charge in [0.15, 0.2) is 0 Å². The molecule has 1 aromatic rings. The first kappa shape index (κ1) is 15.4. The van der Waals surface area contributed by atoms with Gasteiger partial charge in [-0.2, -0.15) is 0 Å². The van der Waals surface area contributed by atoms with Crippen LogP contribution in [0.25, 0.3) is 6.08 Å². The molecule has 6 heteroatoms. The molecule has 0 saturated heterocycles. The largest absolute Gasteiger partial charge is 0.478 e. The highest BCUT2D eigenvalue weighted by molar-refractivity contribution is 7.14. The Morgan fingerprint density at radius 3 is 2.79 bits per heavy atom. The van der Waals surface area contributed by atoms with E-state index in [4.69, 9.17) is 9.84 Å². The number of carboxylic acids is 1. The minimum absolute atomic E-state index is 0.0161. The Hall–Kier alpha value is -1.66. The molecule has 0 bridgehead atoms. The topological polar surface area (TPSA) is 66.8 Å². The Morgan fingerprint density at radius 2 is 2.21 bits per heavy atom. The summed E-state index contributed by atoms with van der Waals surface area (Å²) in [7, 11) is 3.31. The van der Waals surface area contributed by atoms with Gasteiger partial charge in [0, 0.05) is 25.1 Å². The van der Waals surface area contributed by atoms with E-state index < -0.39 is 5.97 Å². The van der Waals surface area contributed by atoms with Crippen LogP contribution in [-0.2, 0) is 9.53 Å². The normalized spacial score (nSPS) is 12.6. The van der Waals surface area contributed by atoms with Crippen molar-refractivity contribution in [2.75, 3.05) is 20.8 Å². The molecule has 0 radical (unpaired) electrons. The highest BCUT2D eigenvalue weighted by Gasteiger charge is 2.18. The summed E-state index contributed by atoms with van der Waals surface area (Å²) in [6.45, 7) is 2.37. The van der Waals surface area contributed by atoms with Crippen LogP contribution < -0.4 is 0 Å². The third-order valence-corrected chi connectivity index (χ3v) is 3.66. The van der Waals surface area contributed by atoms with Crippen molar-refractivity contribution in [2.45, 2.75) is 13.0 Å². The lowest BCUT2D eigenvalue weighted by molar-refractivity contribution is -0.131. The minimum atomic E-state index is -1.01. The third kappa shape index (κ3) is 4.50. The van der Waals surface area contributed by atoms with Crippen LogP contribution in [0.5, 0.6) is 0 Å². The quantitative estimate of drug-likeness (QED) is 0.810. The number of nitrogens with zero attached hydrogens (tertiary/aromatic N) is 1. The first-order chi connectivity index (χ1) is 8.95. The molecule has 0 aliphatic heterocycles. The first-order valence-corrected chi connectivity index (χ1v) is 6.54. The van der Waals surface area contributed by atoms with Gasteiger partial charge in [0.25, 0.3) is 5.91 Å². The molecule has 1 amide bonds. The number of ether oxygens (including phenoxy) is 1. The Bertz CT molecular complexity index is 481. The molecule has 0 aromatic carbocycles. The van der Waals surface area contributed by atoms with Crippen molar-refractivity contribution in [3.05, 3.63) is 28.0 Å². The lowest BCUT2D eigenvalue weighted by Crippen LogP contribution is -2.37. The summed E-state index contributed by atoms with van der Waals surface area (Å²) >= 11 is 1.26. The highest BCUT2D eigenvalue weighted by Crippen LogP contribution is 2.20. The van der Waals surface area contributed by atoms with E-state index in [1.165, 1.54) is 17.4 Å². The predicted molar refractivity (Wildman–Crippen MR) is 74.4 cm³/mol. The number of methoxy groups -OCH3 is 1. The molecule has 0 saturated carbocycles. The molecule has 1 aromatic heterocycles. The summed E-state index contributed by atoms with van der Waals surface area (Å²) in [5, 5.41) is 8.54. The molecule has 0 aliphatic rings. The second-order valence-corrected chi connectivity index (χ2v) is 5.21. The van der Waals surface area contributed by atoms with Crippen molar-refractivity contribution in [1.29, 1.82) is 0 Å². The van der Waals surface area contributed by atoms with Gasteiger partial charge in [0.2, 0.25) is 0 Å². The Kier molecular flexibility index (Phi) is 5.72. The second kappa shape index (κ2) is 7.06. The number of carbonyl (C=O) groups excluding carboxylic acids is 1. The molecule has 1 rings (SSSR count). The van der Waals surface area contributed by atoms with Crippen molar-refractivity contribution < 1.29 is 19.4 Å². The van der Waals surface area contributed by atoms with Crippen molar-refractivity contribution >= 4 is 29.3 Å². The summed E-state index contributed by atoms with van der Waals surface area (Å²) in [4.78, 5) is 25.5. The SMILES string of the molecule is COCC(C)N(C)C(=O)c1ccc(C=CC(=O)O)s1. The van der Waals surface area contributed by atoms with E-state index in [2.05, 4.69) is 0 Å². The van der Waals surface area contributed by atoms with Gasteiger partial charge in [-0.05, 0) is 25.1 Å². The monoisotopic (exact) mass is 283 g/mol. The number of hydrogen-bond donors (Lipinski definition) is 1. The van der Waals surface area contributed by atoms with Crippen LogP contribution in [0, 0.1) is 0 Å². The lowest BCUT2D eigenvalue weighted by Gasteiger charge is -2.23. The predicted octanol–water partition coefficient (Wildman–Crippen LogP) is 1.95. The maximum atomic E-state index is 12.2. The van der Waals surface area contributed by atoms with Crippen LogP contribution >= 0.6 is 11.3 Å². The molecule has 1 N–H and O–H groups in total. The van der Waals surface area contributed by atoms with Crippen molar-refractivity contribution in [1.82, 2.24) is 4.90 Å². The van der Waals surface area contributed by atoms with E-state index >= 15 is 0 Å². The number of aliphatic carboxylic acids is 1. The zero-order valence-electron chi connectivity index (χ0n) is 11.1. The number of amides is 1. The Morgan fingerprint density at radius 1 is 1.53 bits per heavy atom. The van der Waals surface area contributed by atoms with Crippen LogP contribution in [0.1, 0.15) is 21.5 Å². The van der Waals surface area contributed by atoms with Crippen LogP contribution in [0.2, 0.25) is 0 Å². The molecule has 1 heterocycles. The third-order valence-electron chi connectivity index (χ3n) is 2.62. The van der Waals surface area contributed by atoms with E-state index in [0.29, 0.717) is 11.5 Å². The van der Waals surface area contributed by atoms with Crippen molar-refractivity contribution in [2.24, 2.45) is 0 Å². The fourth-order valence-corrected chi connectivity index (χ4v) is 2.33. The summed E-state index contributed by atoms with van der Waals surface area (Å²) in [5.41, 5.74) is 0. The van der Waals surface area contributed by atoms with Gasteiger partial charge in [-0.1, -0.05) is 0 Å². The van der Waals surface area contributed by atoms with Gasteiger partial charge in [0.05, 0.1) is 17.5 Å². The molecule has 0 fully saturated rings. The molecule has 19 heavy (non-hydrogen) atoms. The van der Waals surface area contributed by atoms with E-state index in [9.17, 15) is 9.59 Å². The van der Waals surface area contributed by atoms with Crippen LogP contribution in [0.3, 0.4) is 0 Å². The molecule has 104 valence electrons. The second-order valence-electron chi connectivity index (χ2n) is 4.09. The van der Waals surface area contributed by atoms with Crippen molar-refractivity contribution in [3.8, 4) is 0 Å². The molecule has 0 spiro atoms. The maximum absolute atomic E-state index is 12.2. The zero-order valence-corrected chi connectivity index (χ0v) is 11.9. The number of carbonyl (C=O) groups is 2. The fraction of sp³-hybridized carbons (Fsp3) is 0.385. The Labute approximate surface area is 116 Å². The van der Waals surface area contributed by atoms with E-state index in [1.807, 2.05) is 6.92 Å². The average molecular weight is 283 g/mol. The van der Waals surface area contributed by atoms with Gasteiger partial charge in [-0.3, -0.25) is 4.79 Å². The van der Waals surface area contributed by atoms with Crippen molar-refractivity contribution in [3.63, 3.8) is 0 Å². The molecule has 5 nitrogen and oxygen atoms in total. The summed E-state index contributed by atoms with van der Waals surface area (Å²) < 4.78 is 5.01. The smallest absolute Gasteiger partial charge is 0.328 e. The van der Waals surface area contributed by atoms with E-state index in [0.717, 1.165) is 11.0 Å². The average Bonchev–Trinajstić information content (AvgIpc) is 2.83. The van der Waals surface area contributed by atoms with E-state index in [1.54, 1.807) is 31.2 Å². The van der Waals surface area contributed by atoms with E-state index in [-0.39, 0.29) is 11.9 Å². The molecule has 1 atom stereocenters. The Balaban J connectivity index is 2.75. The van der Waals surface area contributed by atoms with Gasteiger partial charge in [0.1, 0.15) is 0 Å². The number of hydrogen-bond acceptors (Lipinski definition) is 4. The molecular weight excluding hydrogens is 266 g/mol. The number of rotatable bonds is 6. The minimum Gasteiger partial charge on any atom is -0.478 e. The highest BCUT2D eigenvalue weighted by atomic mass is 32.1. The summed E-state index contributed by atoms with van der Waals surface area (Å²) in [6, 6.07) is 3.41. The lowest BCUT2D eigenvalue weighted by atomic mass is 10.3. The van der Waals surface area contributed by atoms with Gasteiger partial charge < -0.3 is 14.7 Å². The standard InChI is InChI=1S/C13H17NO4S/c1-9(8-18-3)14(2)13(17)11-6-4-10(19-11)5-7-12(15)16/h4-7,9H,8H2,1-3H3,(H,15,16).